The minimum Gasteiger partial charge on any atom is -0.353 e. The fourth-order valence-electron chi connectivity index (χ4n) is 1.99. The number of aromatic nitrogens is 3. The van der Waals surface area contributed by atoms with Gasteiger partial charge in [-0.25, -0.2) is 4.98 Å². The van der Waals surface area contributed by atoms with Crippen LogP contribution in [0, 0.1) is 0 Å². The second-order valence-electron chi connectivity index (χ2n) is 4.05. The molecule has 0 saturated carbocycles. The average molecular weight is 219 g/mol. The third kappa shape index (κ3) is 1.38. The van der Waals surface area contributed by atoms with Crippen LogP contribution in [0.5, 0.6) is 0 Å². The van der Waals surface area contributed by atoms with E-state index in [-0.39, 0.29) is 18.0 Å². The molecule has 6 heteroatoms. The first kappa shape index (κ1) is 9.41. The summed E-state index contributed by atoms with van der Waals surface area (Å²) in [4.78, 5) is 18.7. The zero-order chi connectivity index (χ0) is 11.1. The Balaban J connectivity index is 1.87. The zero-order valence-electron chi connectivity index (χ0n) is 8.90. The van der Waals surface area contributed by atoms with E-state index in [2.05, 4.69) is 20.6 Å². The molecule has 1 fully saturated rings. The van der Waals surface area contributed by atoms with Gasteiger partial charge in [-0.2, -0.15) is 0 Å². The summed E-state index contributed by atoms with van der Waals surface area (Å²) in [5, 5.41) is 6.11. The number of piperazine rings is 1. The van der Waals surface area contributed by atoms with E-state index in [0.29, 0.717) is 6.54 Å². The van der Waals surface area contributed by atoms with Gasteiger partial charge in [-0.1, -0.05) is 0 Å². The van der Waals surface area contributed by atoms with E-state index in [1.807, 2.05) is 23.7 Å². The molecule has 1 aliphatic heterocycles. The standard InChI is InChI=1S/C10H13N5O/c1-6-9(16)12-4-7(13-6)8-5-15-3-2-11-10(15)14-8/h2-3,5-7,13H,4H2,1H3,(H,11,14)(H,12,16)/t6-,7?/m0/s1. The van der Waals surface area contributed by atoms with Gasteiger partial charge >= 0.3 is 0 Å². The number of rotatable bonds is 1. The van der Waals surface area contributed by atoms with Crippen molar-refractivity contribution in [2.75, 3.05) is 6.54 Å². The molecule has 1 aliphatic rings. The highest BCUT2D eigenvalue weighted by Crippen LogP contribution is 2.15. The molecule has 0 bridgehead atoms. The Morgan fingerprint density at radius 2 is 2.44 bits per heavy atom. The van der Waals surface area contributed by atoms with Gasteiger partial charge in [0, 0.05) is 25.1 Å². The fraction of sp³-hybridized carbons (Fsp3) is 0.400. The van der Waals surface area contributed by atoms with Crippen LogP contribution in [0.3, 0.4) is 0 Å². The van der Waals surface area contributed by atoms with Crippen molar-refractivity contribution in [1.82, 2.24) is 25.0 Å². The number of nitrogens with one attached hydrogen (secondary N) is 3. The molecule has 1 unspecified atom stereocenters. The normalized spacial score (nSPS) is 25.9. The monoisotopic (exact) mass is 219 g/mol. The molecule has 84 valence electrons. The smallest absolute Gasteiger partial charge is 0.236 e. The molecule has 2 atom stereocenters. The van der Waals surface area contributed by atoms with E-state index in [4.69, 9.17) is 0 Å². The Bertz CT molecular complexity index is 500. The van der Waals surface area contributed by atoms with Crippen LogP contribution in [-0.2, 0) is 4.79 Å². The lowest BCUT2D eigenvalue weighted by atomic mass is 10.1. The SMILES string of the molecule is C[C@@H]1NC(c2cn3ccnc3[nH]2)CNC1=O. The number of amides is 1. The number of carbonyl (C=O) groups is 1. The summed E-state index contributed by atoms with van der Waals surface area (Å²) in [6, 6.07) is -0.0382. The van der Waals surface area contributed by atoms with E-state index < -0.39 is 0 Å². The number of imidazole rings is 2. The average Bonchev–Trinajstić information content (AvgIpc) is 2.81. The highest BCUT2D eigenvalue weighted by atomic mass is 16.2. The molecule has 16 heavy (non-hydrogen) atoms. The van der Waals surface area contributed by atoms with Crippen LogP contribution in [-0.4, -0.2) is 32.9 Å². The van der Waals surface area contributed by atoms with Gasteiger partial charge in [0.25, 0.3) is 0 Å². The second-order valence-corrected chi connectivity index (χ2v) is 4.05. The van der Waals surface area contributed by atoms with Crippen molar-refractivity contribution in [1.29, 1.82) is 0 Å². The third-order valence-corrected chi connectivity index (χ3v) is 2.90. The molecule has 2 aromatic rings. The molecule has 3 rings (SSSR count). The number of H-pyrrole nitrogens is 1. The van der Waals surface area contributed by atoms with Crippen molar-refractivity contribution in [2.24, 2.45) is 0 Å². The van der Waals surface area contributed by atoms with Gasteiger partial charge in [-0.05, 0) is 6.92 Å². The lowest BCUT2D eigenvalue weighted by molar-refractivity contribution is -0.124. The van der Waals surface area contributed by atoms with Gasteiger partial charge < -0.3 is 10.3 Å². The van der Waals surface area contributed by atoms with Crippen LogP contribution in [0.4, 0.5) is 0 Å². The highest BCUT2D eigenvalue weighted by molar-refractivity contribution is 5.82. The summed E-state index contributed by atoms with van der Waals surface area (Å²) < 4.78 is 1.93. The number of fused-ring (bicyclic) bond motifs is 1. The van der Waals surface area contributed by atoms with Gasteiger partial charge in [0.05, 0.1) is 17.8 Å². The van der Waals surface area contributed by atoms with Crippen molar-refractivity contribution in [3.63, 3.8) is 0 Å². The molecule has 1 saturated heterocycles. The van der Waals surface area contributed by atoms with Gasteiger partial charge in [0.2, 0.25) is 11.7 Å². The summed E-state index contributed by atoms with van der Waals surface area (Å²) in [5.41, 5.74) is 1.04. The summed E-state index contributed by atoms with van der Waals surface area (Å²) in [6.45, 7) is 2.46. The number of hydrogen-bond donors (Lipinski definition) is 3. The minimum atomic E-state index is -0.158. The van der Waals surface area contributed by atoms with E-state index >= 15 is 0 Å². The molecule has 3 heterocycles. The van der Waals surface area contributed by atoms with Crippen LogP contribution in [0.2, 0.25) is 0 Å². The largest absolute Gasteiger partial charge is 0.353 e. The minimum absolute atomic E-state index is 0.0487. The summed E-state index contributed by atoms with van der Waals surface area (Å²) in [6.07, 6.45) is 5.62. The predicted molar refractivity (Wildman–Crippen MR) is 57.9 cm³/mol. The molecular weight excluding hydrogens is 206 g/mol. The lowest BCUT2D eigenvalue weighted by Gasteiger charge is -2.27. The maximum absolute atomic E-state index is 11.3. The van der Waals surface area contributed by atoms with Crippen molar-refractivity contribution in [2.45, 2.75) is 19.0 Å². The molecule has 0 aromatic carbocycles. The van der Waals surface area contributed by atoms with E-state index in [0.717, 1.165) is 11.5 Å². The van der Waals surface area contributed by atoms with Gasteiger partial charge in [0.15, 0.2) is 0 Å². The van der Waals surface area contributed by atoms with E-state index in [1.54, 1.807) is 6.20 Å². The summed E-state index contributed by atoms with van der Waals surface area (Å²) >= 11 is 0. The molecule has 0 radical (unpaired) electrons. The number of hydrogen-bond acceptors (Lipinski definition) is 3. The van der Waals surface area contributed by atoms with Crippen LogP contribution in [0.15, 0.2) is 18.6 Å². The van der Waals surface area contributed by atoms with Gasteiger partial charge in [0.1, 0.15) is 0 Å². The molecule has 2 aromatic heterocycles. The summed E-state index contributed by atoms with van der Waals surface area (Å²) in [7, 11) is 0. The van der Waals surface area contributed by atoms with Crippen molar-refractivity contribution >= 4 is 11.7 Å². The Kier molecular flexibility index (Phi) is 1.97. The predicted octanol–water partition coefficient (Wildman–Crippen LogP) is -0.189. The van der Waals surface area contributed by atoms with E-state index in [1.165, 1.54) is 0 Å². The third-order valence-electron chi connectivity index (χ3n) is 2.90. The number of aromatic amines is 1. The first-order valence-electron chi connectivity index (χ1n) is 5.29. The zero-order valence-corrected chi connectivity index (χ0v) is 8.90. The molecule has 1 amide bonds. The van der Waals surface area contributed by atoms with Crippen LogP contribution < -0.4 is 10.6 Å². The van der Waals surface area contributed by atoms with Crippen LogP contribution in [0.25, 0.3) is 5.78 Å². The topological polar surface area (TPSA) is 74.2 Å². The Morgan fingerprint density at radius 1 is 1.56 bits per heavy atom. The molecule has 6 nitrogen and oxygen atoms in total. The van der Waals surface area contributed by atoms with Crippen molar-refractivity contribution in [3.8, 4) is 0 Å². The molecule has 0 aliphatic carbocycles. The molecular formula is C10H13N5O. The van der Waals surface area contributed by atoms with Crippen LogP contribution >= 0.6 is 0 Å². The lowest BCUT2D eigenvalue weighted by Crippen LogP contribution is -2.53. The maximum Gasteiger partial charge on any atom is 0.236 e. The maximum atomic E-state index is 11.3. The van der Waals surface area contributed by atoms with Crippen molar-refractivity contribution in [3.05, 3.63) is 24.3 Å². The Labute approximate surface area is 92.1 Å². The number of carbonyl (C=O) groups excluding carboxylic acids is 1. The van der Waals surface area contributed by atoms with Gasteiger partial charge in [-0.3, -0.25) is 14.5 Å². The quantitative estimate of drug-likeness (QED) is 0.622. The second kappa shape index (κ2) is 3.34. The fourth-order valence-corrected chi connectivity index (χ4v) is 1.99. The van der Waals surface area contributed by atoms with Crippen LogP contribution in [0.1, 0.15) is 18.7 Å². The molecule has 0 spiro atoms. The number of nitrogens with zero attached hydrogens (tertiary/aromatic N) is 2. The van der Waals surface area contributed by atoms with Gasteiger partial charge in [-0.15, -0.1) is 0 Å². The van der Waals surface area contributed by atoms with Crippen molar-refractivity contribution < 1.29 is 4.79 Å². The Hall–Kier alpha value is -1.82. The first-order chi connectivity index (χ1) is 7.74. The highest BCUT2D eigenvalue weighted by Gasteiger charge is 2.26. The van der Waals surface area contributed by atoms with E-state index in [9.17, 15) is 4.79 Å². The summed E-state index contributed by atoms with van der Waals surface area (Å²) in [5.74, 6) is 0.869. The first-order valence-corrected chi connectivity index (χ1v) is 5.29. The Morgan fingerprint density at radius 3 is 3.19 bits per heavy atom. The molecule has 3 N–H and O–H groups in total.